The summed E-state index contributed by atoms with van der Waals surface area (Å²) >= 11 is 7.77. The fourth-order valence-electron chi connectivity index (χ4n) is 2.65. The van der Waals surface area contributed by atoms with Gasteiger partial charge < -0.3 is 9.47 Å². The summed E-state index contributed by atoms with van der Waals surface area (Å²) in [5.41, 5.74) is 1.38. The molecule has 0 amide bonds. The van der Waals surface area contributed by atoms with E-state index >= 15 is 0 Å². The van der Waals surface area contributed by atoms with E-state index in [4.69, 9.17) is 21.1 Å². The van der Waals surface area contributed by atoms with Crippen molar-refractivity contribution in [3.8, 4) is 17.2 Å². The number of rotatable bonds is 4. The van der Waals surface area contributed by atoms with Gasteiger partial charge in [-0.1, -0.05) is 35.5 Å². The molecule has 0 fully saturated rings. The second-order valence-electron chi connectivity index (χ2n) is 5.68. The highest BCUT2D eigenvalue weighted by Crippen LogP contribution is 2.39. The minimum Gasteiger partial charge on any atom is -0.489 e. The Morgan fingerprint density at radius 1 is 1.19 bits per heavy atom. The molecular formula is C18H15ClFN3O2S. The van der Waals surface area contributed by atoms with E-state index in [1.165, 1.54) is 24.2 Å². The van der Waals surface area contributed by atoms with E-state index in [2.05, 4.69) is 10.2 Å². The quantitative estimate of drug-likeness (QED) is 0.612. The van der Waals surface area contributed by atoms with Crippen molar-refractivity contribution in [3.63, 3.8) is 0 Å². The van der Waals surface area contributed by atoms with E-state index in [-0.39, 0.29) is 5.82 Å². The summed E-state index contributed by atoms with van der Waals surface area (Å²) in [5.74, 6) is 1.50. The van der Waals surface area contributed by atoms with Crippen LogP contribution < -0.4 is 9.47 Å². The van der Waals surface area contributed by atoms with Crippen molar-refractivity contribution in [2.24, 2.45) is 0 Å². The van der Waals surface area contributed by atoms with Crippen LogP contribution in [0.2, 0.25) is 5.02 Å². The van der Waals surface area contributed by atoms with Crippen LogP contribution in [0.4, 0.5) is 4.39 Å². The Labute approximate surface area is 159 Å². The first-order valence-corrected chi connectivity index (χ1v) is 9.44. The zero-order valence-corrected chi connectivity index (χ0v) is 15.3. The third kappa shape index (κ3) is 3.50. The highest BCUT2D eigenvalue weighted by molar-refractivity contribution is 7.98. The molecule has 1 aliphatic rings. The normalized spacial score (nSPS) is 13.5. The van der Waals surface area contributed by atoms with Crippen LogP contribution in [-0.4, -0.2) is 28.0 Å². The molecule has 1 aromatic heterocycles. The zero-order valence-electron chi connectivity index (χ0n) is 13.7. The monoisotopic (exact) mass is 391 g/mol. The van der Waals surface area contributed by atoms with Gasteiger partial charge in [-0.3, -0.25) is 4.57 Å². The lowest BCUT2D eigenvalue weighted by atomic mass is 10.2. The van der Waals surface area contributed by atoms with Crippen LogP contribution in [0.5, 0.6) is 11.5 Å². The summed E-state index contributed by atoms with van der Waals surface area (Å²) in [6.45, 7) is 1.19. The van der Waals surface area contributed by atoms with Gasteiger partial charge in [0.25, 0.3) is 0 Å². The van der Waals surface area contributed by atoms with Gasteiger partial charge in [0.05, 0.1) is 23.9 Å². The van der Waals surface area contributed by atoms with Gasteiger partial charge in [-0.2, -0.15) is 0 Å². The maximum atomic E-state index is 14.0. The van der Waals surface area contributed by atoms with Crippen molar-refractivity contribution in [2.45, 2.75) is 17.3 Å². The molecule has 134 valence electrons. The molecule has 2 heterocycles. The maximum Gasteiger partial charge on any atom is 0.196 e. The number of hydrogen-bond acceptors (Lipinski definition) is 5. The van der Waals surface area contributed by atoms with E-state index in [9.17, 15) is 4.39 Å². The summed E-state index contributed by atoms with van der Waals surface area (Å²) in [6.07, 6.45) is 2.32. The smallest absolute Gasteiger partial charge is 0.196 e. The molecule has 3 aromatic rings. The third-order valence-electron chi connectivity index (χ3n) is 3.86. The van der Waals surface area contributed by atoms with Gasteiger partial charge in [0, 0.05) is 12.2 Å². The lowest BCUT2D eigenvalue weighted by Crippen LogP contribution is -1.98. The second kappa shape index (κ2) is 7.55. The van der Waals surface area contributed by atoms with Crippen molar-refractivity contribution >= 4 is 23.4 Å². The van der Waals surface area contributed by atoms with E-state index in [1.54, 1.807) is 22.8 Å². The second-order valence-corrected chi connectivity index (χ2v) is 7.03. The van der Waals surface area contributed by atoms with Gasteiger partial charge in [-0.15, -0.1) is 10.2 Å². The van der Waals surface area contributed by atoms with Gasteiger partial charge in [0.15, 0.2) is 16.7 Å². The minimum atomic E-state index is -0.326. The van der Waals surface area contributed by atoms with Crippen LogP contribution in [-0.2, 0) is 5.75 Å². The Hall–Kier alpha value is -2.25. The molecule has 0 N–H and O–H groups in total. The van der Waals surface area contributed by atoms with Crippen molar-refractivity contribution in [2.75, 3.05) is 13.2 Å². The Morgan fingerprint density at radius 3 is 2.92 bits per heavy atom. The highest BCUT2D eigenvalue weighted by Gasteiger charge is 2.17. The lowest BCUT2D eigenvalue weighted by Gasteiger charge is -2.12. The predicted octanol–water partition coefficient (Wildman–Crippen LogP) is 4.51. The first kappa shape index (κ1) is 17.2. The largest absolute Gasteiger partial charge is 0.489 e. The molecule has 0 spiro atoms. The van der Waals surface area contributed by atoms with Crippen molar-refractivity contribution in [1.29, 1.82) is 0 Å². The van der Waals surface area contributed by atoms with Crippen LogP contribution in [0.15, 0.2) is 47.9 Å². The Kier molecular flexibility index (Phi) is 4.99. The molecule has 0 saturated heterocycles. The summed E-state index contributed by atoms with van der Waals surface area (Å²) in [4.78, 5) is 0. The maximum absolute atomic E-state index is 14.0. The molecule has 0 radical (unpaired) electrons. The Bertz CT molecular complexity index is 935. The average molecular weight is 392 g/mol. The zero-order chi connectivity index (χ0) is 17.9. The predicted molar refractivity (Wildman–Crippen MR) is 97.9 cm³/mol. The van der Waals surface area contributed by atoms with E-state index in [0.29, 0.717) is 46.3 Å². The highest BCUT2D eigenvalue weighted by atomic mass is 35.5. The lowest BCUT2D eigenvalue weighted by molar-refractivity contribution is 0.297. The number of aromatic nitrogens is 3. The first-order valence-electron chi connectivity index (χ1n) is 8.08. The van der Waals surface area contributed by atoms with Gasteiger partial charge in [0.2, 0.25) is 0 Å². The third-order valence-corrected chi connectivity index (χ3v) is 5.15. The fourth-order valence-corrected chi connectivity index (χ4v) is 3.79. The van der Waals surface area contributed by atoms with E-state index < -0.39 is 0 Å². The van der Waals surface area contributed by atoms with E-state index in [0.717, 1.165) is 12.0 Å². The summed E-state index contributed by atoms with van der Waals surface area (Å²) < 4.78 is 27.0. The van der Waals surface area contributed by atoms with Gasteiger partial charge in [0.1, 0.15) is 12.1 Å². The van der Waals surface area contributed by atoms with Crippen LogP contribution in [0.1, 0.15) is 12.0 Å². The molecular weight excluding hydrogens is 377 g/mol. The molecule has 26 heavy (non-hydrogen) atoms. The van der Waals surface area contributed by atoms with Gasteiger partial charge in [-0.25, -0.2) is 4.39 Å². The molecule has 0 bridgehead atoms. The van der Waals surface area contributed by atoms with Crippen molar-refractivity contribution in [1.82, 2.24) is 14.8 Å². The molecule has 0 saturated carbocycles. The first-order chi connectivity index (χ1) is 12.7. The minimum absolute atomic E-state index is 0.326. The van der Waals surface area contributed by atoms with Crippen LogP contribution in [0.3, 0.4) is 0 Å². The Morgan fingerprint density at radius 2 is 2.04 bits per heavy atom. The number of nitrogens with zero attached hydrogens (tertiary/aromatic N) is 3. The molecule has 2 aromatic carbocycles. The van der Waals surface area contributed by atoms with Gasteiger partial charge in [-0.05, 0) is 29.8 Å². The number of benzene rings is 2. The molecule has 8 heteroatoms. The van der Waals surface area contributed by atoms with Crippen LogP contribution >= 0.6 is 23.4 Å². The number of ether oxygens (including phenoxy) is 2. The van der Waals surface area contributed by atoms with Crippen molar-refractivity contribution < 1.29 is 13.9 Å². The number of thioether (sulfide) groups is 1. The van der Waals surface area contributed by atoms with E-state index in [1.807, 2.05) is 12.1 Å². The summed E-state index contributed by atoms with van der Waals surface area (Å²) in [7, 11) is 0. The molecule has 0 aliphatic carbocycles. The van der Waals surface area contributed by atoms with Gasteiger partial charge >= 0.3 is 0 Å². The van der Waals surface area contributed by atoms with Crippen LogP contribution in [0, 0.1) is 5.82 Å². The topological polar surface area (TPSA) is 49.2 Å². The Balaban J connectivity index is 1.56. The SMILES string of the molecule is Fc1ccccc1-n1cnnc1SCc1cc(Cl)c2c(c1)OCCCO2. The summed E-state index contributed by atoms with van der Waals surface area (Å²) in [5, 5.41) is 9.12. The molecule has 4 rings (SSSR count). The van der Waals surface area contributed by atoms with Crippen LogP contribution in [0.25, 0.3) is 5.69 Å². The number of fused-ring (bicyclic) bond motifs is 1. The van der Waals surface area contributed by atoms with Crippen molar-refractivity contribution in [3.05, 3.63) is 59.1 Å². The molecule has 0 atom stereocenters. The molecule has 0 unspecified atom stereocenters. The number of para-hydroxylation sites is 1. The summed E-state index contributed by atoms with van der Waals surface area (Å²) in [6, 6.07) is 10.3. The number of halogens is 2. The standard InChI is InChI=1S/C18H15ClFN3O2S/c19-13-8-12(9-16-17(13)25-7-3-6-24-16)10-26-18-22-21-11-23(18)15-5-2-1-4-14(15)20/h1-2,4-5,8-9,11H,3,6-7,10H2. The fraction of sp³-hybridized carbons (Fsp3) is 0.222. The average Bonchev–Trinajstić information content (AvgIpc) is 2.96. The molecule has 1 aliphatic heterocycles. The number of hydrogen-bond donors (Lipinski definition) is 0. The molecule has 5 nitrogen and oxygen atoms in total.